The molecular weight excluding hydrogens is 316 g/mol. The summed E-state index contributed by atoms with van der Waals surface area (Å²) in [5.74, 6) is 0. The first-order valence-corrected chi connectivity index (χ1v) is 19.6. The molecule has 0 fully saturated rings. The largest absolute Gasteiger partial charge is 0.437 e. The van der Waals surface area contributed by atoms with Crippen molar-refractivity contribution in [1.82, 2.24) is 0 Å². The lowest BCUT2D eigenvalue weighted by molar-refractivity contribution is 0.329. The molecule has 0 aliphatic rings. The van der Waals surface area contributed by atoms with E-state index >= 15 is 0 Å². The molecule has 0 heterocycles. The predicted molar refractivity (Wildman–Crippen MR) is 98.7 cm³/mol. The van der Waals surface area contributed by atoms with E-state index in [4.69, 9.17) is 12.3 Å². The van der Waals surface area contributed by atoms with Crippen LogP contribution in [0.2, 0.25) is 65.0 Å². The van der Waals surface area contributed by atoms with Gasteiger partial charge in [0.15, 0.2) is 16.6 Å². The van der Waals surface area contributed by atoms with Crippen molar-refractivity contribution in [2.75, 3.05) is 0 Å². The summed E-state index contributed by atoms with van der Waals surface area (Å²) in [5, 5.41) is 0. The highest BCUT2D eigenvalue weighted by molar-refractivity contribution is 6.89. The van der Waals surface area contributed by atoms with Gasteiger partial charge in [0.05, 0.1) is 0 Å². The zero-order valence-corrected chi connectivity index (χ0v) is 18.9. The second kappa shape index (κ2) is 7.17. The third-order valence-corrected chi connectivity index (χ3v) is 16.5. The molecule has 0 aromatic heterocycles. The standard InChI is InChI=1S/C13H34O3Si4/c1-11-12-13-18(5,6)15-20(9,10)16-19(7,8)14-17(2,3)4/h11H,1,12-13H2,2-10H3. The highest BCUT2D eigenvalue weighted by Crippen LogP contribution is 2.25. The second-order valence-electron chi connectivity index (χ2n) is 7.81. The van der Waals surface area contributed by atoms with Crippen molar-refractivity contribution in [3.05, 3.63) is 12.7 Å². The Morgan fingerprint density at radius 1 is 0.750 bits per heavy atom. The molecule has 0 aromatic rings. The van der Waals surface area contributed by atoms with E-state index in [0.717, 1.165) is 12.5 Å². The molecule has 120 valence electrons. The molecule has 0 aliphatic carbocycles. The van der Waals surface area contributed by atoms with Crippen LogP contribution in [0.15, 0.2) is 12.7 Å². The van der Waals surface area contributed by atoms with E-state index in [2.05, 4.69) is 65.5 Å². The van der Waals surface area contributed by atoms with Crippen LogP contribution in [0.3, 0.4) is 0 Å². The molecular formula is C13H34O3Si4. The molecule has 0 saturated carbocycles. The Labute approximate surface area is 130 Å². The maximum absolute atomic E-state index is 6.46. The summed E-state index contributed by atoms with van der Waals surface area (Å²) in [6.07, 6.45) is 3.00. The molecule has 0 spiro atoms. The number of rotatable bonds is 9. The zero-order chi connectivity index (χ0) is 16.2. The molecule has 7 heteroatoms. The minimum absolute atomic E-state index is 1.02. The van der Waals surface area contributed by atoms with E-state index in [-0.39, 0.29) is 0 Å². The van der Waals surface area contributed by atoms with Crippen molar-refractivity contribution in [3.8, 4) is 0 Å². The average Bonchev–Trinajstić information content (AvgIpc) is 2.05. The summed E-state index contributed by atoms with van der Waals surface area (Å²) in [6.45, 7) is 23.5. The van der Waals surface area contributed by atoms with E-state index in [9.17, 15) is 0 Å². The van der Waals surface area contributed by atoms with E-state index in [1.807, 2.05) is 6.08 Å². The van der Waals surface area contributed by atoms with Gasteiger partial charge in [0.25, 0.3) is 0 Å². The molecule has 0 N–H and O–H groups in total. The first-order valence-electron chi connectivity index (χ1n) is 7.39. The van der Waals surface area contributed by atoms with Crippen molar-refractivity contribution in [2.24, 2.45) is 0 Å². The van der Waals surface area contributed by atoms with E-state index in [1.165, 1.54) is 0 Å². The molecule has 0 atom stereocenters. The summed E-state index contributed by atoms with van der Waals surface area (Å²) < 4.78 is 19.1. The second-order valence-corrected chi connectivity index (χ2v) is 24.1. The van der Waals surface area contributed by atoms with Gasteiger partial charge < -0.3 is 12.3 Å². The van der Waals surface area contributed by atoms with Gasteiger partial charge in [0.2, 0.25) is 0 Å². The van der Waals surface area contributed by atoms with Crippen molar-refractivity contribution in [1.29, 1.82) is 0 Å². The SMILES string of the molecule is C=CCC[Si](C)(C)O[Si](C)(C)O[Si](C)(C)O[Si](C)(C)C. The Hall–Kier alpha value is 0.488. The highest BCUT2D eigenvalue weighted by atomic mass is 28.5. The van der Waals surface area contributed by atoms with Crippen LogP contribution in [-0.2, 0) is 12.3 Å². The van der Waals surface area contributed by atoms with E-state index in [1.54, 1.807) is 0 Å². The topological polar surface area (TPSA) is 27.7 Å². The first-order chi connectivity index (χ1) is 8.68. The van der Waals surface area contributed by atoms with Crippen LogP contribution in [-0.4, -0.2) is 33.8 Å². The fourth-order valence-electron chi connectivity index (χ4n) is 2.54. The quantitative estimate of drug-likeness (QED) is 0.430. The van der Waals surface area contributed by atoms with Crippen LogP contribution < -0.4 is 0 Å². The van der Waals surface area contributed by atoms with Gasteiger partial charge in [0, 0.05) is 0 Å². The smallest absolute Gasteiger partial charge is 0.312 e. The molecule has 0 rings (SSSR count). The Morgan fingerprint density at radius 3 is 1.60 bits per heavy atom. The molecule has 3 nitrogen and oxygen atoms in total. The minimum atomic E-state index is -2.14. The Kier molecular flexibility index (Phi) is 7.34. The fraction of sp³-hybridized carbons (Fsp3) is 0.846. The van der Waals surface area contributed by atoms with Gasteiger partial charge in [-0.2, -0.15) is 0 Å². The van der Waals surface area contributed by atoms with E-state index in [0.29, 0.717) is 0 Å². The van der Waals surface area contributed by atoms with Gasteiger partial charge in [-0.05, 0) is 71.4 Å². The normalized spacial score (nSPS) is 14.4. The molecule has 0 radical (unpaired) electrons. The third kappa shape index (κ3) is 10.2. The number of allylic oxidation sites excluding steroid dienone is 1. The molecule has 0 aliphatic heterocycles. The molecule has 0 bridgehead atoms. The molecule has 0 amide bonds. The fourth-order valence-corrected chi connectivity index (χ4v) is 20.9. The van der Waals surface area contributed by atoms with Gasteiger partial charge in [-0.3, -0.25) is 0 Å². The monoisotopic (exact) mass is 350 g/mol. The van der Waals surface area contributed by atoms with Gasteiger partial charge >= 0.3 is 17.1 Å². The van der Waals surface area contributed by atoms with Crippen LogP contribution in [0, 0.1) is 0 Å². The van der Waals surface area contributed by atoms with Crippen molar-refractivity contribution >= 4 is 33.8 Å². The molecule has 0 saturated heterocycles. The van der Waals surface area contributed by atoms with Crippen molar-refractivity contribution in [3.63, 3.8) is 0 Å². The maximum Gasteiger partial charge on any atom is 0.312 e. The summed E-state index contributed by atoms with van der Waals surface area (Å²) in [7, 11) is -7.49. The van der Waals surface area contributed by atoms with Gasteiger partial charge in [-0.25, -0.2) is 0 Å². The van der Waals surface area contributed by atoms with Crippen molar-refractivity contribution in [2.45, 2.75) is 71.4 Å². The van der Waals surface area contributed by atoms with Crippen LogP contribution in [0.5, 0.6) is 0 Å². The van der Waals surface area contributed by atoms with Crippen LogP contribution >= 0.6 is 0 Å². The summed E-state index contributed by atoms with van der Waals surface area (Å²) >= 11 is 0. The first kappa shape index (κ1) is 20.5. The van der Waals surface area contributed by atoms with Crippen LogP contribution in [0.25, 0.3) is 0 Å². The lowest BCUT2D eigenvalue weighted by Gasteiger charge is -2.40. The molecule has 20 heavy (non-hydrogen) atoms. The van der Waals surface area contributed by atoms with Gasteiger partial charge in [0.1, 0.15) is 0 Å². The summed E-state index contributed by atoms with van der Waals surface area (Å²) in [4.78, 5) is 0. The third-order valence-electron chi connectivity index (χ3n) is 2.52. The van der Waals surface area contributed by atoms with Gasteiger partial charge in [-0.15, -0.1) is 6.58 Å². The Morgan fingerprint density at radius 2 is 1.20 bits per heavy atom. The Balaban J connectivity index is 4.68. The minimum Gasteiger partial charge on any atom is -0.437 e. The Bertz CT molecular complexity index is 322. The molecule has 0 aromatic carbocycles. The average molecular weight is 351 g/mol. The predicted octanol–water partition coefficient (Wildman–Crippen LogP) is 5.06. The van der Waals surface area contributed by atoms with E-state index < -0.39 is 33.8 Å². The number of hydrogen-bond donors (Lipinski definition) is 0. The summed E-state index contributed by atoms with van der Waals surface area (Å²) in [6, 6.07) is 1.10. The van der Waals surface area contributed by atoms with Crippen molar-refractivity contribution < 1.29 is 12.3 Å². The van der Waals surface area contributed by atoms with Gasteiger partial charge in [-0.1, -0.05) is 6.08 Å². The lowest BCUT2D eigenvalue weighted by atomic mass is 10.5. The summed E-state index contributed by atoms with van der Waals surface area (Å²) in [5.41, 5.74) is 0. The zero-order valence-electron chi connectivity index (χ0n) is 14.9. The highest BCUT2D eigenvalue weighted by Gasteiger charge is 2.42. The molecule has 0 unspecified atom stereocenters. The number of hydrogen-bond acceptors (Lipinski definition) is 3. The van der Waals surface area contributed by atoms with Crippen LogP contribution in [0.1, 0.15) is 6.42 Å². The lowest BCUT2D eigenvalue weighted by Crippen LogP contribution is -2.55. The maximum atomic E-state index is 6.46. The van der Waals surface area contributed by atoms with Crippen LogP contribution in [0.4, 0.5) is 0 Å².